The molecule has 4 heteroatoms. The molecular weight excluding hydrogens is 208 g/mol. The molecule has 0 radical (unpaired) electrons. The van der Waals surface area contributed by atoms with Crippen molar-refractivity contribution in [1.82, 2.24) is 0 Å². The van der Waals surface area contributed by atoms with Crippen LogP contribution in [0.2, 0.25) is 0 Å². The van der Waals surface area contributed by atoms with Crippen LogP contribution >= 0.6 is 0 Å². The maximum Gasteiger partial charge on any atom is 0.323 e. The van der Waals surface area contributed by atoms with Gasteiger partial charge >= 0.3 is 11.9 Å². The summed E-state index contributed by atoms with van der Waals surface area (Å²) in [7, 11) is 0. The summed E-state index contributed by atoms with van der Waals surface area (Å²) in [5, 5.41) is 9.30. The molecule has 1 unspecified atom stereocenters. The fourth-order valence-electron chi connectivity index (χ4n) is 1.96. The Labute approximate surface area is 97.0 Å². The molecule has 0 aromatic carbocycles. The van der Waals surface area contributed by atoms with E-state index in [1.165, 1.54) is 0 Å². The Hall–Kier alpha value is -1.06. The highest BCUT2D eigenvalue weighted by molar-refractivity contribution is 5.99. The van der Waals surface area contributed by atoms with Crippen molar-refractivity contribution >= 4 is 11.9 Å². The number of ether oxygens (including phenoxy) is 1. The topological polar surface area (TPSA) is 63.6 Å². The van der Waals surface area contributed by atoms with E-state index in [0.717, 1.165) is 0 Å². The summed E-state index contributed by atoms with van der Waals surface area (Å²) in [6.07, 6.45) is 1.31. The molecule has 0 bridgehead atoms. The summed E-state index contributed by atoms with van der Waals surface area (Å²) in [4.78, 5) is 23.2. The molecule has 1 N–H and O–H groups in total. The maximum absolute atomic E-state index is 11.8. The van der Waals surface area contributed by atoms with Crippen LogP contribution < -0.4 is 0 Å². The molecule has 0 aromatic heterocycles. The number of rotatable bonds is 7. The third-order valence-corrected chi connectivity index (χ3v) is 2.51. The van der Waals surface area contributed by atoms with Crippen LogP contribution in [0.15, 0.2) is 0 Å². The third kappa shape index (κ3) is 3.51. The number of esters is 1. The van der Waals surface area contributed by atoms with Crippen LogP contribution in [-0.2, 0) is 14.3 Å². The summed E-state index contributed by atoms with van der Waals surface area (Å²) in [5.41, 5.74) is -1.36. The summed E-state index contributed by atoms with van der Waals surface area (Å²) in [6.45, 7) is 7.60. The van der Waals surface area contributed by atoms with Crippen molar-refractivity contribution < 1.29 is 19.4 Å². The van der Waals surface area contributed by atoms with E-state index < -0.39 is 17.4 Å². The number of carbonyl (C=O) groups is 2. The van der Waals surface area contributed by atoms with Crippen LogP contribution in [0.25, 0.3) is 0 Å². The van der Waals surface area contributed by atoms with E-state index in [2.05, 4.69) is 0 Å². The maximum atomic E-state index is 11.8. The minimum absolute atomic E-state index is 0.145. The van der Waals surface area contributed by atoms with Gasteiger partial charge in [-0.05, 0) is 25.7 Å². The lowest BCUT2D eigenvalue weighted by molar-refractivity contribution is -0.170. The number of carbonyl (C=O) groups excluding carboxylic acids is 1. The fourth-order valence-corrected chi connectivity index (χ4v) is 1.96. The lowest BCUT2D eigenvalue weighted by Gasteiger charge is -2.28. The Morgan fingerprint density at radius 3 is 2.19 bits per heavy atom. The Morgan fingerprint density at radius 2 is 1.88 bits per heavy atom. The Balaban J connectivity index is 5.07. The SMILES string of the molecule is CCCC(CC(C)C)(C(=O)O)C(=O)OCC. The van der Waals surface area contributed by atoms with Gasteiger partial charge in [-0.1, -0.05) is 27.2 Å². The van der Waals surface area contributed by atoms with Gasteiger partial charge in [0, 0.05) is 0 Å². The van der Waals surface area contributed by atoms with Gasteiger partial charge in [-0.3, -0.25) is 9.59 Å². The number of hydrogen-bond donors (Lipinski definition) is 1. The van der Waals surface area contributed by atoms with Gasteiger partial charge in [0.1, 0.15) is 0 Å². The first-order valence-corrected chi connectivity index (χ1v) is 5.81. The van der Waals surface area contributed by atoms with E-state index in [-0.39, 0.29) is 12.5 Å². The van der Waals surface area contributed by atoms with Crippen molar-refractivity contribution in [2.45, 2.75) is 47.0 Å². The van der Waals surface area contributed by atoms with E-state index >= 15 is 0 Å². The fraction of sp³-hybridized carbons (Fsp3) is 0.833. The van der Waals surface area contributed by atoms with Crippen molar-refractivity contribution in [3.63, 3.8) is 0 Å². The van der Waals surface area contributed by atoms with Gasteiger partial charge in [0.05, 0.1) is 6.61 Å². The molecule has 1 atom stereocenters. The average Bonchev–Trinajstić information content (AvgIpc) is 2.16. The van der Waals surface area contributed by atoms with Crippen LogP contribution in [0.4, 0.5) is 0 Å². The Morgan fingerprint density at radius 1 is 1.31 bits per heavy atom. The third-order valence-electron chi connectivity index (χ3n) is 2.51. The first kappa shape index (κ1) is 14.9. The van der Waals surface area contributed by atoms with Crippen LogP contribution in [0.3, 0.4) is 0 Å². The summed E-state index contributed by atoms with van der Waals surface area (Å²) in [5.74, 6) is -1.52. The lowest BCUT2D eigenvalue weighted by atomic mass is 9.76. The molecule has 0 aliphatic rings. The molecule has 94 valence electrons. The highest BCUT2D eigenvalue weighted by Crippen LogP contribution is 2.33. The number of aliphatic carboxylic acids is 1. The van der Waals surface area contributed by atoms with Gasteiger partial charge in [0.2, 0.25) is 0 Å². The number of carboxylic acid groups (broad SMARTS) is 1. The summed E-state index contributed by atoms with van der Waals surface area (Å²) in [6, 6.07) is 0. The Bertz CT molecular complexity index is 247. The van der Waals surface area contributed by atoms with Gasteiger partial charge in [-0.2, -0.15) is 0 Å². The second-order valence-electron chi connectivity index (χ2n) is 4.46. The molecule has 0 saturated heterocycles. The van der Waals surface area contributed by atoms with E-state index in [9.17, 15) is 14.7 Å². The molecule has 0 amide bonds. The molecular formula is C12H22O4. The molecule has 0 saturated carbocycles. The van der Waals surface area contributed by atoms with E-state index in [1.807, 2.05) is 20.8 Å². The van der Waals surface area contributed by atoms with Crippen molar-refractivity contribution in [2.75, 3.05) is 6.61 Å². The highest BCUT2D eigenvalue weighted by Gasteiger charge is 2.47. The smallest absolute Gasteiger partial charge is 0.323 e. The average molecular weight is 230 g/mol. The minimum atomic E-state index is -1.36. The molecule has 4 nitrogen and oxygen atoms in total. The standard InChI is InChI=1S/C12H22O4/c1-5-7-12(10(13)14,8-9(3)4)11(15)16-6-2/h9H,5-8H2,1-4H3,(H,13,14). The first-order valence-electron chi connectivity index (χ1n) is 5.81. The van der Waals surface area contributed by atoms with Crippen molar-refractivity contribution in [3.05, 3.63) is 0 Å². The predicted octanol–water partition coefficient (Wildman–Crippen LogP) is 2.47. The molecule has 0 aliphatic carbocycles. The van der Waals surface area contributed by atoms with Crippen LogP contribution in [0.1, 0.15) is 47.0 Å². The number of carboxylic acids is 1. The van der Waals surface area contributed by atoms with Crippen LogP contribution in [-0.4, -0.2) is 23.7 Å². The van der Waals surface area contributed by atoms with Gasteiger partial charge in [-0.25, -0.2) is 0 Å². The molecule has 0 heterocycles. The van der Waals surface area contributed by atoms with Gasteiger partial charge in [-0.15, -0.1) is 0 Å². The largest absolute Gasteiger partial charge is 0.480 e. The second-order valence-corrected chi connectivity index (χ2v) is 4.46. The molecule has 0 aromatic rings. The number of hydrogen-bond acceptors (Lipinski definition) is 3. The van der Waals surface area contributed by atoms with Gasteiger partial charge in [0.15, 0.2) is 5.41 Å². The summed E-state index contributed by atoms with van der Waals surface area (Å²) < 4.78 is 4.90. The monoisotopic (exact) mass is 230 g/mol. The van der Waals surface area contributed by atoms with Crippen molar-refractivity contribution in [3.8, 4) is 0 Å². The van der Waals surface area contributed by atoms with Crippen LogP contribution in [0.5, 0.6) is 0 Å². The van der Waals surface area contributed by atoms with Crippen LogP contribution in [0, 0.1) is 11.3 Å². The van der Waals surface area contributed by atoms with E-state index in [1.54, 1.807) is 6.92 Å². The molecule has 16 heavy (non-hydrogen) atoms. The predicted molar refractivity (Wildman–Crippen MR) is 61.1 cm³/mol. The quantitative estimate of drug-likeness (QED) is 0.539. The zero-order chi connectivity index (χ0) is 12.8. The lowest BCUT2D eigenvalue weighted by Crippen LogP contribution is -2.41. The van der Waals surface area contributed by atoms with Crippen molar-refractivity contribution in [2.24, 2.45) is 11.3 Å². The first-order chi connectivity index (χ1) is 7.40. The second kappa shape index (κ2) is 6.51. The minimum Gasteiger partial charge on any atom is -0.480 e. The molecule has 0 aliphatic heterocycles. The van der Waals surface area contributed by atoms with Crippen molar-refractivity contribution in [1.29, 1.82) is 0 Å². The normalized spacial score (nSPS) is 14.6. The van der Waals surface area contributed by atoms with E-state index in [0.29, 0.717) is 19.3 Å². The van der Waals surface area contributed by atoms with E-state index in [4.69, 9.17) is 4.74 Å². The van der Waals surface area contributed by atoms with Gasteiger partial charge in [0.25, 0.3) is 0 Å². The highest BCUT2D eigenvalue weighted by atomic mass is 16.5. The zero-order valence-corrected chi connectivity index (χ0v) is 10.6. The van der Waals surface area contributed by atoms with Gasteiger partial charge < -0.3 is 9.84 Å². The zero-order valence-electron chi connectivity index (χ0n) is 10.6. The molecule has 0 rings (SSSR count). The summed E-state index contributed by atoms with van der Waals surface area (Å²) >= 11 is 0. The molecule has 0 spiro atoms. The Kier molecular flexibility index (Phi) is 6.08. The molecule has 0 fully saturated rings.